The Hall–Kier alpha value is -1.14. The molecule has 2 atom stereocenters. The predicted molar refractivity (Wildman–Crippen MR) is 109 cm³/mol. The van der Waals surface area contributed by atoms with Crippen LogP contribution in [0.2, 0.25) is 5.02 Å². The molecule has 5 nitrogen and oxygen atoms in total. The molecule has 0 bridgehead atoms. The quantitative estimate of drug-likeness (QED) is 0.834. The van der Waals surface area contributed by atoms with E-state index >= 15 is 0 Å². The highest BCUT2D eigenvalue weighted by Gasteiger charge is 2.36. The van der Waals surface area contributed by atoms with Crippen LogP contribution in [0, 0.1) is 12.8 Å². The largest absolute Gasteiger partial charge is 0.396 e. The summed E-state index contributed by atoms with van der Waals surface area (Å²) in [6, 6.07) is 6.13. The number of amides is 1. The topological polar surface area (TPSA) is 47.0 Å². The monoisotopic (exact) mass is 393 g/mol. The first-order valence-electron chi connectivity index (χ1n) is 10.1. The lowest BCUT2D eigenvalue weighted by molar-refractivity contribution is 0.0218. The lowest BCUT2D eigenvalue weighted by atomic mass is 9.86. The van der Waals surface area contributed by atoms with Crippen molar-refractivity contribution in [1.29, 1.82) is 0 Å². The third-order valence-electron chi connectivity index (χ3n) is 6.07. The summed E-state index contributed by atoms with van der Waals surface area (Å²) < 4.78 is 0. The van der Waals surface area contributed by atoms with Gasteiger partial charge >= 0.3 is 0 Å². The van der Waals surface area contributed by atoms with E-state index in [0.29, 0.717) is 22.5 Å². The summed E-state index contributed by atoms with van der Waals surface area (Å²) in [7, 11) is 2.17. The first kappa shape index (κ1) is 20.6. The molecule has 2 aliphatic heterocycles. The highest BCUT2D eigenvalue weighted by Crippen LogP contribution is 2.29. The van der Waals surface area contributed by atoms with Crippen molar-refractivity contribution in [2.45, 2.75) is 32.2 Å². The Morgan fingerprint density at radius 3 is 2.67 bits per heavy atom. The number of piperidine rings is 1. The van der Waals surface area contributed by atoms with Crippen molar-refractivity contribution in [3.8, 4) is 0 Å². The van der Waals surface area contributed by atoms with Gasteiger partial charge in [-0.1, -0.05) is 23.2 Å². The number of aliphatic hydroxyl groups is 1. The number of piperazine rings is 1. The van der Waals surface area contributed by atoms with Gasteiger partial charge in [0.05, 0.1) is 10.6 Å². The van der Waals surface area contributed by atoms with E-state index in [-0.39, 0.29) is 12.5 Å². The summed E-state index contributed by atoms with van der Waals surface area (Å²) in [5, 5.41) is 9.86. The molecule has 2 aliphatic rings. The zero-order chi connectivity index (χ0) is 19.4. The van der Waals surface area contributed by atoms with Crippen LogP contribution in [0.4, 0.5) is 0 Å². The fourth-order valence-corrected chi connectivity index (χ4v) is 4.65. The number of halogens is 1. The maximum atomic E-state index is 13.1. The molecule has 27 heavy (non-hydrogen) atoms. The van der Waals surface area contributed by atoms with Gasteiger partial charge < -0.3 is 14.9 Å². The Morgan fingerprint density at radius 1 is 1.22 bits per heavy atom. The third-order valence-corrected chi connectivity index (χ3v) is 6.40. The van der Waals surface area contributed by atoms with Crippen molar-refractivity contribution in [3.63, 3.8) is 0 Å². The molecule has 2 heterocycles. The van der Waals surface area contributed by atoms with Crippen molar-refractivity contribution in [3.05, 3.63) is 34.3 Å². The van der Waals surface area contributed by atoms with Gasteiger partial charge in [-0.3, -0.25) is 9.69 Å². The molecule has 1 N–H and O–H groups in total. The van der Waals surface area contributed by atoms with Crippen LogP contribution in [-0.4, -0.2) is 84.7 Å². The summed E-state index contributed by atoms with van der Waals surface area (Å²) in [6.07, 6.45) is 2.75. The maximum absolute atomic E-state index is 13.1. The van der Waals surface area contributed by atoms with Gasteiger partial charge in [-0.25, -0.2) is 0 Å². The zero-order valence-corrected chi connectivity index (χ0v) is 17.3. The molecule has 6 heteroatoms. The highest BCUT2D eigenvalue weighted by atomic mass is 35.5. The van der Waals surface area contributed by atoms with E-state index in [4.69, 9.17) is 11.6 Å². The molecule has 1 aromatic carbocycles. The second-order valence-electron chi connectivity index (χ2n) is 8.06. The third kappa shape index (κ3) is 5.02. The number of hydrogen-bond donors (Lipinski definition) is 1. The second-order valence-corrected chi connectivity index (χ2v) is 8.46. The van der Waals surface area contributed by atoms with Crippen LogP contribution in [0.15, 0.2) is 18.2 Å². The smallest absolute Gasteiger partial charge is 0.255 e. The molecule has 0 aromatic heterocycles. The minimum atomic E-state index is 0.0366. The summed E-state index contributed by atoms with van der Waals surface area (Å²) in [5.74, 6) is 0.441. The van der Waals surface area contributed by atoms with E-state index in [0.717, 1.165) is 64.1 Å². The van der Waals surface area contributed by atoms with Crippen molar-refractivity contribution in [1.82, 2.24) is 14.7 Å². The molecular formula is C21H32ClN3O2. The van der Waals surface area contributed by atoms with E-state index in [1.54, 1.807) is 0 Å². The Kier molecular flexibility index (Phi) is 7.15. The standard InChI is InChI=1S/C21H32ClN3O2/c1-16-5-6-19(22)18(14-16)21(27)25-8-7-20(17(15-25)4-3-13-26)24-11-9-23(2)10-12-24/h5-6,14,17,20,26H,3-4,7-13,15H2,1-2H3/t17-,20+/m1/s1. The van der Waals surface area contributed by atoms with E-state index in [1.807, 2.05) is 30.0 Å². The number of carbonyl (C=O) groups is 1. The van der Waals surface area contributed by atoms with Crippen LogP contribution in [0.25, 0.3) is 0 Å². The molecule has 2 fully saturated rings. The van der Waals surface area contributed by atoms with Gasteiger partial charge in [-0.05, 0) is 51.3 Å². The average molecular weight is 394 g/mol. The zero-order valence-electron chi connectivity index (χ0n) is 16.5. The molecule has 3 rings (SSSR count). The average Bonchev–Trinajstić information content (AvgIpc) is 2.68. The van der Waals surface area contributed by atoms with Crippen LogP contribution in [0.5, 0.6) is 0 Å². The number of rotatable bonds is 5. The van der Waals surface area contributed by atoms with Gasteiger partial charge in [-0.15, -0.1) is 0 Å². The summed E-state index contributed by atoms with van der Waals surface area (Å²) >= 11 is 6.30. The number of nitrogens with zero attached hydrogens (tertiary/aromatic N) is 3. The summed E-state index contributed by atoms with van der Waals surface area (Å²) in [5.41, 5.74) is 1.66. The van der Waals surface area contributed by atoms with E-state index in [1.165, 1.54) is 0 Å². The van der Waals surface area contributed by atoms with Crippen molar-refractivity contribution < 1.29 is 9.90 Å². The van der Waals surface area contributed by atoms with E-state index < -0.39 is 0 Å². The number of hydrogen-bond acceptors (Lipinski definition) is 4. The number of aliphatic hydroxyl groups excluding tert-OH is 1. The van der Waals surface area contributed by atoms with E-state index in [2.05, 4.69) is 16.8 Å². The lowest BCUT2D eigenvalue weighted by Gasteiger charge is -2.46. The molecule has 2 saturated heterocycles. The Bertz CT molecular complexity index is 646. The van der Waals surface area contributed by atoms with Gasteiger partial charge in [0.1, 0.15) is 0 Å². The van der Waals surface area contributed by atoms with Crippen molar-refractivity contribution in [2.24, 2.45) is 5.92 Å². The number of carbonyl (C=O) groups excluding carboxylic acids is 1. The second kappa shape index (κ2) is 9.37. The van der Waals surface area contributed by atoms with Crippen LogP contribution < -0.4 is 0 Å². The Labute approximate surface area is 167 Å². The number of likely N-dealkylation sites (N-methyl/N-ethyl adjacent to an activating group) is 1. The maximum Gasteiger partial charge on any atom is 0.255 e. The van der Waals surface area contributed by atoms with Crippen LogP contribution in [0.1, 0.15) is 35.2 Å². The first-order valence-corrected chi connectivity index (χ1v) is 10.5. The predicted octanol–water partition coefficient (Wildman–Crippen LogP) is 2.50. The molecule has 0 unspecified atom stereocenters. The van der Waals surface area contributed by atoms with Crippen molar-refractivity contribution in [2.75, 3.05) is 52.9 Å². The molecule has 0 aliphatic carbocycles. The molecule has 1 aromatic rings. The molecule has 0 radical (unpaired) electrons. The van der Waals surface area contributed by atoms with Crippen LogP contribution in [0.3, 0.4) is 0 Å². The SMILES string of the molecule is Cc1ccc(Cl)c(C(=O)N2CC[C@H](N3CCN(C)CC3)[C@H](CCCO)C2)c1. The molecule has 150 valence electrons. The van der Waals surface area contributed by atoms with E-state index in [9.17, 15) is 9.90 Å². The van der Waals surface area contributed by atoms with Gasteiger partial charge in [0.25, 0.3) is 5.91 Å². The van der Waals surface area contributed by atoms with Gasteiger partial charge in [-0.2, -0.15) is 0 Å². The Morgan fingerprint density at radius 2 is 1.96 bits per heavy atom. The first-order chi connectivity index (χ1) is 13.0. The normalized spacial score (nSPS) is 25.0. The van der Waals surface area contributed by atoms with Gasteiger partial charge in [0.15, 0.2) is 0 Å². The van der Waals surface area contributed by atoms with Gasteiger partial charge in [0.2, 0.25) is 0 Å². The number of likely N-dealkylation sites (tertiary alicyclic amines) is 1. The molecule has 0 saturated carbocycles. The Balaban J connectivity index is 1.71. The minimum Gasteiger partial charge on any atom is -0.396 e. The van der Waals surface area contributed by atoms with Crippen LogP contribution in [-0.2, 0) is 0 Å². The summed E-state index contributed by atoms with van der Waals surface area (Å²) in [6.45, 7) is 8.11. The molecule has 1 amide bonds. The fraction of sp³-hybridized carbons (Fsp3) is 0.667. The lowest BCUT2D eigenvalue weighted by Crippen LogP contribution is -2.57. The van der Waals surface area contributed by atoms with Gasteiger partial charge in [0, 0.05) is 51.9 Å². The fourth-order valence-electron chi connectivity index (χ4n) is 4.45. The highest BCUT2D eigenvalue weighted by molar-refractivity contribution is 6.33. The van der Waals surface area contributed by atoms with Crippen molar-refractivity contribution >= 4 is 17.5 Å². The minimum absolute atomic E-state index is 0.0366. The molecular weight excluding hydrogens is 362 g/mol. The number of benzene rings is 1. The van der Waals surface area contributed by atoms with Crippen LogP contribution >= 0.6 is 11.6 Å². The molecule has 0 spiro atoms. The summed E-state index contributed by atoms with van der Waals surface area (Å²) in [4.78, 5) is 20.0. The number of aryl methyl sites for hydroxylation is 1.